The maximum Gasteiger partial charge on any atom is 0.453 e. The molecule has 1 atom stereocenters. The smallest absolute Gasteiger partial charge is 0.453 e. The standard InChI is InChI=1S/C16H16F3N5O/c1-10(11-4-6-12(25-3)7-5-11)23(2)14-9-8-13-20-21-15(16(17,18)19)24(13)22-14/h4-10H,1-3H3/t10-/m0/s1. The zero-order valence-corrected chi connectivity index (χ0v) is 13.8. The molecule has 25 heavy (non-hydrogen) atoms. The number of ether oxygens (including phenoxy) is 1. The van der Waals surface area contributed by atoms with Crippen molar-refractivity contribution >= 4 is 11.5 Å². The van der Waals surface area contributed by atoms with Gasteiger partial charge in [0, 0.05) is 7.05 Å². The van der Waals surface area contributed by atoms with Crippen molar-refractivity contribution in [2.75, 3.05) is 19.1 Å². The van der Waals surface area contributed by atoms with Crippen molar-refractivity contribution in [3.8, 4) is 5.75 Å². The van der Waals surface area contributed by atoms with Crippen molar-refractivity contribution < 1.29 is 17.9 Å². The zero-order chi connectivity index (χ0) is 18.2. The molecule has 0 spiro atoms. The first-order chi connectivity index (χ1) is 11.8. The van der Waals surface area contributed by atoms with Crippen LogP contribution in [0.25, 0.3) is 5.65 Å². The largest absolute Gasteiger partial charge is 0.497 e. The molecule has 0 amide bonds. The minimum Gasteiger partial charge on any atom is -0.497 e. The molecule has 3 rings (SSSR count). The molecule has 2 aromatic heterocycles. The number of aromatic nitrogens is 4. The highest BCUT2D eigenvalue weighted by Gasteiger charge is 2.37. The normalized spacial score (nSPS) is 13.0. The highest BCUT2D eigenvalue weighted by Crippen LogP contribution is 2.29. The van der Waals surface area contributed by atoms with Crippen molar-refractivity contribution in [2.45, 2.75) is 19.1 Å². The van der Waals surface area contributed by atoms with Gasteiger partial charge >= 0.3 is 6.18 Å². The summed E-state index contributed by atoms with van der Waals surface area (Å²) < 4.78 is 44.8. The zero-order valence-electron chi connectivity index (χ0n) is 13.8. The fourth-order valence-electron chi connectivity index (χ4n) is 2.45. The van der Waals surface area contributed by atoms with Crippen LogP contribution in [0.15, 0.2) is 36.4 Å². The molecule has 0 saturated carbocycles. The molecule has 0 aliphatic rings. The van der Waals surface area contributed by atoms with Crippen LogP contribution in [0, 0.1) is 0 Å². The molecule has 1 aromatic carbocycles. The van der Waals surface area contributed by atoms with Gasteiger partial charge in [0.25, 0.3) is 5.82 Å². The fraction of sp³-hybridized carbons (Fsp3) is 0.312. The predicted molar refractivity (Wildman–Crippen MR) is 85.6 cm³/mol. The number of halogens is 3. The van der Waals surface area contributed by atoms with Gasteiger partial charge in [0.05, 0.1) is 13.2 Å². The summed E-state index contributed by atoms with van der Waals surface area (Å²) in [5, 5.41) is 10.7. The average molecular weight is 351 g/mol. The van der Waals surface area contributed by atoms with E-state index < -0.39 is 12.0 Å². The minimum atomic E-state index is -4.62. The molecule has 0 bridgehead atoms. The molecule has 132 valence electrons. The highest BCUT2D eigenvalue weighted by atomic mass is 19.4. The first kappa shape index (κ1) is 17.0. The van der Waals surface area contributed by atoms with Crippen LogP contribution in [0.5, 0.6) is 5.75 Å². The van der Waals surface area contributed by atoms with Gasteiger partial charge in [-0.3, -0.25) is 0 Å². The second-order valence-electron chi connectivity index (χ2n) is 5.54. The van der Waals surface area contributed by atoms with E-state index in [1.165, 1.54) is 6.07 Å². The maximum atomic E-state index is 13.0. The van der Waals surface area contributed by atoms with Crippen molar-refractivity contribution in [3.05, 3.63) is 47.8 Å². The van der Waals surface area contributed by atoms with Gasteiger partial charge in [-0.25, -0.2) is 0 Å². The van der Waals surface area contributed by atoms with Crippen LogP contribution in [0.2, 0.25) is 0 Å². The van der Waals surface area contributed by atoms with Crippen LogP contribution in [0.1, 0.15) is 24.4 Å². The van der Waals surface area contributed by atoms with Crippen LogP contribution in [-0.4, -0.2) is 34.0 Å². The third-order valence-corrected chi connectivity index (χ3v) is 4.04. The van der Waals surface area contributed by atoms with Gasteiger partial charge in [0.15, 0.2) is 5.65 Å². The van der Waals surface area contributed by atoms with E-state index in [4.69, 9.17) is 4.74 Å². The van der Waals surface area contributed by atoms with Crippen LogP contribution in [0.4, 0.5) is 19.0 Å². The summed E-state index contributed by atoms with van der Waals surface area (Å²) in [6.07, 6.45) is -4.62. The van der Waals surface area contributed by atoms with E-state index in [0.717, 1.165) is 11.3 Å². The number of rotatable bonds is 4. The number of alkyl halides is 3. The van der Waals surface area contributed by atoms with Gasteiger partial charge in [-0.05, 0) is 36.8 Å². The summed E-state index contributed by atoms with van der Waals surface area (Å²) in [7, 11) is 3.35. The van der Waals surface area contributed by atoms with E-state index in [0.29, 0.717) is 10.3 Å². The number of hydrogen-bond acceptors (Lipinski definition) is 5. The summed E-state index contributed by atoms with van der Waals surface area (Å²) in [4.78, 5) is 1.78. The summed E-state index contributed by atoms with van der Waals surface area (Å²) >= 11 is 0. The second-order valence-corrected chi connectivity index (χ2v) is 5.54. The van der Waals surface area contributed by atoms with Gasteiger partial charge in [-0.15, -0.1) is 15.3 Å². The quantitative estimate of drug-likeness (QED) is 0.722. The molecular formula is C16H16F3N5O. The van der Waals surface area contributed by atoms with Crippen molar-refractivity contribution in [1.29, 1.82) is 0 Å². The van der Waals surface area contributed by atoms with Gasteiger partial charge < -0.3 is 9.64 Å². The molecular weight excluding hydrogens is 335 g/mol. The van der Waals surface area contributed by atoms with Crippen LogP contribution >= 0.6 is 0 Å². The Morgan fingerprint density at radius 3 is 2.36 bits per heavy atom. The molecule has 6 nitrogen and oxygen atoms in total. The molecule has 0 fully saturated rings. The molecule has 9 heteroatoms. The third kappa shape index (κ3) is 3.21. The summed E-state index contributed by atoms with van der Waals surface area (Å²) in [5.74, 6) is -0.0339. The van der Waals surface area contributed by atoms with Crippen LogP contribution < -0.4 is 9.64 Å². The van der Waals surface area contributed by atoms with Gasteiger partial charge in [-0.1, -0.05) is 12.1 Å². The Labute approximate surface area is 141 Å². The van der Waals surface area contributed by atoms with Gasteiger partial charge in [-0.2, -0.15) is 17.7 Å². The number of benzene rings is 1. The molecule has 0 radical (unpaired) electrons. The van der Waals surface area contributed by atoms with Crippen molar-refractivity contribution in [1.82, 2.24) is 19.8 Å². The molecule has 2 heterocycles. The lowest BCUT2D eigenvalue weighted by Gasteiger charge is -2.26. The maximum absolute atomic E-state index is 13.0. The third-order valence-electron chi connectivity index (χ3n) is 4.04. The molecule has 0 unspecified atom stereocenters. The van der Waals surface area contributed by atoms with E-state index in [2.05, 4.69) is 15.3 Å². The van der Waals surface area contributed by atoms with Gasteiger partial charge in [0.1, 0.15) is 11.6 Å². The molecule has 0 saturated heterocycles. The minimum absolute atomic E-state index is 0.0431. The lowest BCUT2D eigenvalue weighted by atomic mass is 10.1. The Hall–Kier alpha value is -2.84. The summed E-state index contributed by atoms with van der Waals surface area (Å²) in [6, 6.07) is 10.4. The van der Waals surface area contributed by atoms with E-state index >= 15 is 0 Å². The monoisotopic (exact) mass is 351 g/mol. The van der Waals surface area contributed by atoms with E-state index in [-0.39, 0.29) is 11.7 Å². The molecule has 3 aromatic rings. The van der Waals surface area contributed by atoms with E-state index in [1.54, 1.807) is 25.1 Å². The summed E-state index contributed by atoms with van der Waals surface area (Å²) in [5.41, 5.74) is 1.02. The highest BCUT2D eigenvalue weighted by molar-refractivity contribution is 5.47. The Morgan fingerprint density at radius 2 is 1.76 bits per heavy atom. The first-order valence-electron chi connectivity index (χ1n) is 7.47. The predicted octanol–water partition coefficient (Wildman–Crippen LogP) is 3.35. The Kier molecular flexibility index (Phi) is 4.23. The number of fused-ring (bicyclic) bond motifs is 1. The van der Waals surface area contributed by atoms with Crippen LogP contribution in [-0.2, 0) is 6.18 Å². The van der Waals surface area contributed by atoms with Gasteiger partial charge in [0.2, 0.25) is 0 Å². The Bertz CT molecular complexity index is 876. The summed E-state index contributed by atoms with van der Waals surface area (Å²) in [6.45, 7) is 1.94. The lowest BCUT2D eigenvalue weighted by Crippen LogP contribution is -2.24. The van der Waals surface area contributed by atoms with Crippen LogP contribution in [0.3, 0.4) is 0 Å². The van der Waals surface area contributed by atoms with Crippen molar-refractivity contribution in [2.24, 2.45) is 0 Å². The average Bonchev–Trinajstić information content (AvgIpc) is 3.04. The second kappa shape index (κ2) is 6.23. The number of methoxy groups -OCH3 is 1. The number of nitrogens with zero attached hydrogens (tertiary/aromatic N) is 5. The molecule has 0 aliphatic heterocycles. The van der Waals surface area contributed by atoms with E-state index in [9.17, 15) is 13.2 Å². The fourth-order valence-corrected chi connectivity index (χ4v) is 2.45. The Morgan fingerprint density at radius 1 is 1.08 bits per heavy atom. The SMILES string of the molecule is COc1ccc([C@H](C)N(C)c2ccc3nnc(C(F)(F)F)n3n2)cc1. The topological polar surface area (TPSA) is 55.5 Å². The molecule has 0 aliphatic carbocycles. The Balaban J connectivity index is 1.94. The first-order valence-corrected chi connectivity index (χ1v) is 7.47. The molecule has 0 N–H and O–H groups in total. The number of anilines is 1. The van der Waals surface area contributed by atoms with Crippen molar-refractivity contribution in [3.63, 3.8) is 0 Å². The number of hydrogen-bond donors (Lipinski definition) is 0. The van der Waals surface area contributed by atoms with E-state index in [1.807, 2.05) is 31.2 Å². The lowest BCUT2D eigenvalue weighted by molar-refractivity contribution is -0.146.